The van der Waals surface area contributed by atoms with Crippen LogP contribution >= 0.6 is 0 Å². The Balaban J connectivity index is 1.75. The van der Waals surface area contributed by atoms with Crippen molar-refractivity contribution >= 4 is 0 Å². The van der Waals surface area contributed by atoms with Crippen molar-refractivity contribution in [3.05, 3.63) is 24.2 Å². The first-order chi connectivity index (χ1) is 9.31. The number of likely N-dealkylation sites (tertiary alicyclic amines) is 1. The van der Waals surface area contributed by atoms with E-state index in [9.17, 15) is 5.11 Å². The molecule has 1 aromatic rings. The molecule has 2 unspecified atom stereocenters. The third-order valence-electron chi connectivity index (χ3n) is 3.80. The summed E-state index contributed by atoms with van der Waals surface area (Å²) in [6.07, 6.45) is 5.37. The molecular weight excluding hydrogens is 242 g/mol. The molecule has 1 aliphatic heterocycles. The van der Waals surface area contributed by atoms with Gasteiger partial charge < -0.3 is 19.2 Å². The standard InChI is InChI=1S/C15H25NO3/c1-2-18-10-5-9-16-8-3-6-13(16)12-14(17)15-7-4-11-19-15/h4,7,11,13-14,17H,2-3,5-6,8-10,12H2,1H3. The first-order valence-corrected chi connectivity index (χ1v) is 7.34. The lowest BCUT2D eigenvalue weighted by Gasteiger charge is -2.25. The van der Waals surface area contributed by atoms with Gasteiger partial charge in [0, 0.05) is 25.8 Å². The molecule has 0 amide bonds. The van der Waals surface area contributed by atoms with Gasteiger partial charge >= 0.3 is 0 Å². The monoisotopic (exact) mass is 267 g/mol. The average molecular weight is 267 g/mol. The highest BCUT2D eigenvalue weighted by atomic mass is 16.5. The Kier molecular flexibility index (Phi) is 5.89. The minimum Gasteiger partial charge on any atom is -0.467 e. The number of ether oxygens (including phenoxy) is 1. The van der Waals surface area contributed by atoms with Gasteiger partial charge in [-0.1, -0.05) is 0 Å². The number of aliphatic hydroxyl groups excluding tert-OH is 1. The maximum Gasteiger partial charge on any atom is 0.132 e. The molecule has 0 bridgehead atoms. The molecule has 0 radical (unpaired) electrons. The topological polar surface area (TPSA) is 45.8 Å². The highest BCUT2D eigenvalue weighted by molar-refractivity contribution is 5.02. The van der Waals surface area contributed by atoms with Gasteiger partial charge in [-0.3, -0.25) is 0 Å². The Bertz CT molecular complexity index is 339. The quantitative estimate of drug-likeness (QED) is 0.735. The Morgan fingerprint density at radius 1 is 1.58 bits per heavy atom. The zero-order valence-electron chi connectivity index (χ0n) is 11.8. The van der Waals surface area contributed by atoms with Crippen LogP contribution in [0.15, 0.2) is 22.8 Å². The Labute approximate surface area is 115 Å². The second-order valence-electron chi connectivity index (χ2n) is 5.15. The van der Waals surface area contributed by atoms with Crippen molar-refractivity contribution in [2.45, 2.75) is 44.8 Å². The SMILES string of the molecule is CCOCCCN1CCCC1CC(O)c1ccco1. The lowest BCUT2D eigenvalue weighted by Crippen LogP contribution is -2.32. The summed E-state index contributed by atoms with van der Waals surface area (Å²) in [6, 6.07) is 4.15. The molecule has 0 aromatic carbocycles. The van der Waals surface area contributed by atoms with Crippen LogP contribution in [0.4, 0.5) is 0 Å². The fraction of sp³-hybridized carbons (Fsp3) is 0.733. The van der Waals surface area contributed by atoms with Crippen molar-refractivity contribution in [1.82, 2.24) is 4.90 Å². The zero-order valence-corrected chi connectivity index (χ0v) is 11.8. The number of hydrogen-bond acceptors (Lipinski definition) is 4. The molecule has 4 heteroatoms. The summed E-state index contributed by atoms with van der Waals surface area (Å²) < 4.78 is 10.6. The minimum atomic E-state index is -0.479. The predicted octanol–water partition coefficient (Wildman–Crippen LogP) is 2.59. The molecule has 1 N–H and O–H groups in total. The molecule has 1 aromatic heterocycles. The van der Waals surface area contributed by atoms with E-state index in [2.05, 4.69) is 4.90 Å². The molecule has 1 aliphatic rings. The molecule has 1 saturated heterocycles. The first kappa shape index (κ1) is 14.6. The summed E-state index contributed by atoms with van der Waals surface area (Å²) in [6.45, 7) is 5.86. The lowest BCUT2D eigenvalue weighted by molar-refractivity contribution is 0.0927. The van der Waals surface area contributed by atoms with Gasteiger partial charge in [-0.15, -0.1) is 0 Å². The van der Waals surface area contributed by atoms with E-state index in [0.717, 1.165) is 39.1 Å². The van der Waals surface area contributed by atoms with E-state index < -0.39 is 6.10 Å². The van der Waals surface area contributed by atoms with E-state index in [4.69, 9.17) is 9.15 Å². The molecule has 2 heterocycles. The van der Waals surface area contributed by atoms with E-state index in [0.29, 0.717) is 11.8 Å². The van der Waals surface area contributed by atoms with E-state index in [1.807, 2.05) is 19.1 Å². The summed E-state index contributed by atoms with van der Waals surface area (Å²) in [7, 11) is 0. The van der Waals surface area contributed by atoms with Crippen molar-refractivity contribution in [3.63, 3.8) is 0 Å². The van der Waals surface area contributed by atoms with Crippen LogP contribution in [-0.4, -0.2) is 42.4 Å². The molecule has 108 valence electrons. The third-order valence-corrected chi connectivity index (χ3v) is 3.80. The second kappa shape index (κ2) is 7.68. The molecule has 0 aliphatic carbocycles. The van der Waals surface area contributed by atoms with Crippen LogP contribution in [0.1, 0.15) is 44.5 Å². The third kappa shape index (κ3) is 4.34. The molecule has 4 nitrogen and oxygen atoms in total. The van der Waals surface area contributed by atoms with Gasteiger partial charge in [-0.2, -0.15) is 0 Å². The van der Waals surface area contributed by atoms with Crippen molar-refractivity contribution < 1.29 is 14.3 Å². The average Bonchev–Trinajstić information content (AvgIpc) is 3.06. The molecular formula is C15H25NO3. The van der Waals surface area contributed by atoms with Gasteiger partial charge in [0.1, 0.15) is 11.9 Å². The Morgan fingerprint density at radius 2 is 2.47 bits per heavy atom. The van der Waals surface area contributed by atoms with Gasteiger partial charge in [0.25, 0.3) is 0 Å². The molecule has 2 rings (SSSR count). The number of nitrogens with zero attached hydrogens (tertiary/aromatic N) is 1. The van der Waals surface area contributed by atoms with Crippen molar-refractivity contribution in [1.29, 1.82) is 0 Å². The van der Waals surface area contributed by atoms with Gasteiger partial charge in [-0.05, 0) is 51.3 Å². The molecule has 0 spiro atoms. The van der Waals surface area contributed by atoms with Crippen LogP contribution < -0.4 is 0 Å². The Hall–Kier alpha value is -0.840. The minimum absolute atomic E-state index is 0.474. The highest BCUT2D eigenvalue weighted by Crippen LogP contribution is 2.27. The van der Waals surface area contributed by atoms with Crippen LogP contribution in [0, 0.1) is 0 Å². The van der Waals surface area contributed by atoms with Crippen LogP contribution in [-0.2, 0) is 4.74 Å². The molecule has 19 heavy (non-hydrogen) atoms. The van der Waals surface area contributed by atoms with Crippen molar-refractivity contribution in [2.24, 2.45) is 0 Å². The summed E-state index contributed by atoms with van der Waals surface area (Å²) >= 11 is 0. The van der Waals surface area contributed by atoms with E-state index in [1.165, 1.54) is 12.8 Å². The number of hydrogen-bond donors (Lipinski definition) is 1. The van der Waals surface area contributed by atoms with Crippen LogP contribution in [0.3, 0.4) is 0 Å². The molecule has 0 saturated carbocycles. The molecule has 2 atom stereocenters. The maximum atomic E-state index is 10.2. The number of aliphatic hydroxyl groups is 1. The normalized spacial score (nSPS) is 21.9. The van der Waals surface area contributed by atoms with Crippen LogP contribution in [0.25, 0.3) is 0 Å². The summed E-state index contributed by atoms with van der Waals surface area (Å²) in [4.78, 5) is 2.48. The lowest BCUT2D eigenvalue weighted by atomic mass is 10.1. The largest absolute Gasteiger partial charge is 0.467 e. The predicted molar refractivity (Wildman–Crippen MR) is 74.0 cm³/mol. The van der Waals surface area contributed by atoms with Gasteiger partial charge in [0.2, 0.25) is 0 Å². The smallest absolute Gasteiger partial charge is 0.132 e. The highest BCUT2D eigenvalue weighted by Gasteiger charge is 2.27. The van der Waals surface area contributed by atoms with Gasteiger partial charge in [-0.25, -0.2) is 0 Å². The van der Waals surface area contributed by atoms with E-state index in [1.54, 1.807) is 6.26 Å². The number of rotatable bonds is 8. The fourth-order valence-corrected chi connectivity index (χ4v) is 2.83. The van der Waals surface area contributed by atoms with Crippen LogP contribution in [0.2, 0.25) is 0 Å². The van der Waals surface area contributed by atoms with E-state index >= 15 is 0 Å². The van der Waals surface area contributed by atoms with E-state index in [-0.39, 0.29) is 0 Å². The van der Waals surface area contributed by atoms with Crippen molar-refractivity contribution in [2.75, 3.05) is 26.3 Å². The zero-order chi connectivity index (χ0) is 13.5. The first-order valence-electron chi connectivity index (χ1n) is 7.34. The fourth-order valence-electron chi connectivity index (χ4n) is 2.83. The summed E-state index contributed by atoms with van der Waals surface area (Å²) in [5.74, 6) is 0.682. The van der Waals surface area contributed by atoms with Gasteiger partial charge in [0.15, 0.2) is 0 Å². The second-order valence-corrected chi connectivity index (χ2v) is 5.15. The molecule has 1 fully saturated rings. The maximum absolute atomic E-state index is 10.2. The Morgan fingerprint density at radius 3 is 3.21 bits per heavy atom. The van der Waals surface area contributed by atoms with Crippen LogP contribution in [0.5, 0.6) is 0 Å². The van der Waals surface area contributed by atoms with Gasteiger partial charge in [0.05, 0.1) is 6.26 Å². The van der Waals surface area contributed by atoms with Crippen molar-refractivity contribution in [3.8, 4) is 0 Å². The summed E-state index contributed by atoms with van der Waals surface area (Å²) in [5.41, 5.74) is 0. The number of furan rings is 1. The summed E-state index contributed by atoms with van der Waals surface area (Å²) in [5, 5.41) is 10.2.